The Balaban J connectivity index is 1.90. The van der Waals surface area contributed by atoms with Gasteiger partial charge in [0.1, 0.15) is 5.75 Å². The van der Waals surface area contributed by atoms with Crippen LogP contribution in [-0.4, -0.2) is 39.2 Å². The monoisotopic (exact) mass is 316 g/mol. The second-order valence-corrected chi connectivity index (χ2v) is 7.24. The molecule has 0 radical (unpaired) electrons. The van der Waals surface area contributed by atoms with E-state index in [9.17, 15) is 13.2 Å². The summed E-state index contributed by atoms with van der Waals surface area (Å²) in [6.07, 6.45) is 2.09. The van der Waals surface area contributed by atoms with Crippen molar-refractivity contribution in [1.82, 2.24) is 10.6 Å². The highest BCUT2D eigenvalue weighted by Gasteiger charge is 2.20. The third-order valence-electron chi connectivity index (χ3n) is 3.20. The highest BCUT2D eigenvalue weighted by atomic mass is 35.5. The molecule has 7 heteroatoms. The van der Waals surface area contributed by atoms with Gasteiger partial charge in [0, 0.05) is 17.6 Å². The number of halogens is 1. The standard InChI is InChI=1S/C13H17ClN2O3S/c14-10-3-5-12(6-4-10)20(18,19)9-13(17)16-8-11-2-1-7-15-11/h3-6,11,15H,1-2,7-9H2,(H,16,17). The highest BCUT2D eigenvalue weighted by Crippen LogP contribution is 2.15. The van der Waals surface area contributed by atoms with Gasteiger partial charge in [-0.1, -0.05) is 11.6 Å². The average molecular weight is 317 g/mol. The van der Waals surface area contributed by atoms with Crippen LogP contribution < -0.4 is 10.6 Å². The van der Waals surface area contributed by atoms with E-state index in [1.807, 2.05) is 0 Å². The number of amides is 1. The van der Waals surface area contributed by atoms with Gasteiger partial charge in [0.05, 0.1) is 4.90 Å². The van der Waals surface area contributed by atoms with Gasteiger partial charge >= 0.3 is 0 Å². The molecule has 1 saturated heterocycles. The smallest absolute Gasteiger partial charge is 0.235 e. The molecule has 1 aromatic carbocycles. The van der Waals surface area contributed by atoms with Crippen LogP contribution >= 0.6 is 11.6 Å². The molecule has 1 unspecified atom stereocenters. The quantitative estimate of drug-likeness (QED) is 0.849. The third-order valence-corrected chi connectivity index (χ3v) is 5.09. The fourth-order valence-corrected chi connectivity index (χ4v) is 3.41. The summed E-state index contributed by atoms with van der Waals surface area (Å²) in [5, 5.41) is 6.35. The first kappa shape index (κ1) is 15.3. The number of nitrogens with one attached hydrogen (secondary N) is 2. The largest absolute Gasteiger partial charge is 0.354 e. The molecule has 1 aliphatic heterocycles. The molecule has 110 valence electrons. The summed E-state index contributed by atoms with van der Waals surface area (Å²) in [5.74, 6) is -1.02. The molecule has 1 aromatic rings. The minimum atomic E-state index is -3.61. The number of rotatable bonds is 5. The molecule has 1 heterocycles. The van der Waals surface area contributed by atoms with Crippen LogP contribution in [0.3, 0.4) is 0 Å². The van der Waals surface area contributed by atoms with Gasteiger partial charge in [-0.15, -0.1) is 0 Å². The van der Waals surface area contributed by atoms with Gasteiger partial charge in [0.15, 0.2) is 9.84 Å². The Kier molecular flexibility index (Phi) is 5.01. The van der Waals surface area contributed by atoms with Crippen molar-refractivity contribution in [3.63, 3.8) is 0 Å². The van der Waals surface area contributed by atoms with E-state index in [4.69, 9.17) is 11.6 Å². The Morgan fingerprint density at radius 2 is 2.05 bits per heavy atom. The van der Waals surface area contributed by atoms with E-state index in [1.54, 1.807) is 0 Å². The molecular weight excluding hydrogens is 300 g/mol. The van der Waals surface area contributed by atoms with Gasteiger partial charge in [-0.2, -0.15) is 0 Å². The Labute approximate surface area is 123 Å². The van der Waals surface area contributed by atoms with E-state index in [0.717, 1.165) is 19.4 Å². The van der Waals surface area contributed by atoms with Crippen LogP contribution in [0, 0.1) is 0 Å². The van der Waals surface area contributed by atoms with Crippen LogP contribution in [0.15, 0.2) is 29.2 Å². The summed E-state index contributed by atoms with van der Waals surface area (Å²) in [6, 6.07) is 6.05. The number of benzene rings is 1. The molecule has 2 N–H and O–H groups in total. The molecule has 0 saturated carbocycles. The maximum absolute atomic E-state index is 12.0. The molecule has 0 aromatic heterocycles. The molecule has 1 amide bonds. The Morgan fingerprint density at radius 3 is 2.65 bits per heavy atom. The predicted octanol–water partition coefficient (Wildman–Crippen LogP) is 0.982. The zero-order chi connectivity index (χ0) is 14.6. The van der Waals surface area contributed by atoms with Gasteiger partial charge in [-0.05, 0) is 43.7 Å². The van der Waals surface area contributed by atoms with Crippen molar-refractivity contribution in [2.75, 3.05) is 18.8 Å². The van der Waals surface area contributed by atoms with E-state index in [0.29, 0.717) is 11.6 Å². The molecular formula is C13H17ClN2O3S. The molecule has 1 aliphatic rings. The van der Waals surface area contributed by atoms with E-state index in [1.165, 1.54) is 24.3 Å². The van der Waals surface area contributed by atoms with E-state index >= 15 is 0 Å². The summed E-state index contributed by atoms with van der Waals surface area (Å²) in [6.45, 7) is 1.42. The zero-order valence-electron chi connectivity index (χ0n) is 10.9. The van der Waals surface area contributed by atoms with Crippen molar-refractivity contribution in [2.45, 2.75) is 23.8 Å². The van der Waals surface area contributed by atoms with Crippen molar-refractivity contribution < 1.29 is 13.2 Å². The second-order valence-electron chi connectivity index (χ2n) is 4.81. The number of hydrogen-bond donors (Lipinski definition) is 2. The van der Waals surface area contributed by atoms with Crippen LogP contribution in [-0.2, 0) is 14.6 Å². The van der Waals surface area contributed by atoms with Gasteiger partial charge in [0.25, 0.3) is 0 Å². The van der Waals surface area contributed by atoms with Crippen molar-refractivity contribution >= 4 is 27.3 Å². The molecule has 5 nitrogen and oxygen atoms in total. The Morgan fingerprint density at radius 1 is 1.35 bits per heavy atom. The molecule has 0 bridgehead atoms. The Bertz CT molecular complexity index is 566. The SMILES string of the molecule is O=C(CS(=O)(=O)c1ccc(Cl)cc1)NCC1CCCN1. The van der Waals surface area contributed by atoms with Crippen LogP contribution in [0.25, 0.3) is 0 Å². The van der Waals surface area contributed by atoms with E-state index < -0.39 is 21.5 Å². The van der Waals surface area contributed by atoms with Gasteiger partial charge < -0.3 is 10.6 Å². The number of carbonyl (C=O) groups excluding carboxylic acids is 1. The molecule has 20 heavy (non-hydrogen) atoms. The fraction of sp³-hybridized carbons (Fsp3) is 0.462. The van der Waals surface area contributed by atoms with Crippen molar-refractivity contribution in [3.05, 3.63) is 29.3 Å². The minimum absolute atomic E-state index is 0.107. The summed E-state index contributed by atoms with van der Waals surface area (Å²) >= 11 is 5.71. The maximum atomic E-state index is 12.0. The Hall–Kier alpha value is -1.11. The first-order valence-electron chi connectivity index (χ1n) is 6.46. The summed E-state index contributed by atoms with van der Waals surface area (Å²) in [7, 11) is -3.61. The van der Waals surface area contributed by atoms with Crippen LogP contribution in [0.1, 0.15) is 12.8 Å². The molecule has 2 rings (SSSR count). The number of sulfone groups is 1. The topological polar surface area (TPSA) is 75.3 Å². The minimum Gasteiger partial charge on any atom is -0.354 e. The van der Waals surface area contributed by atoms with Gasteiger partial charge in [-0.3, -0.25) is 4.79 Å². The molecule has 1 atom stereocenters. The van der Waals surface area contributed by atoms with Crippen molar-refractivity contribution in [1.29, 1.82) is 0 Å². The van der Waals surface area contributed by atoms with Crippen molar-refractivity contribution in [2.24, 2.45) is 0 Å². The normalized spacial score (nSPS) is 18.9. The lowest BCUT2D eigenvalue weighted by Gasteiger charge is -2.11. The molecule has 0 spiro atoms. The molecule has 0 aliphatic carbocycles. The summed E-state index contributed by atoms with van der Waals surface area (Å²) in [5.41, 5.74) is 0. The lowest BCUT2D eigenvalue weighted by atomic mass is 10.2. The summed E-state index contributed by atoms with van der Waals surface area (Å²) in [4.78, 5) is 11.8. The van der Waals surface area contributed by atoms with E-state index in [2.05, 4.69) is 10.6 Å². The third kappa shape index (κ3) is 4.19. The summed E-state index contributed by atoms with van der Waals surface area (Å²) < 4.78 is 24.1. The first-order valence-corrected chi connectivity index (χ1v) is 8.49. The van der Waals surface area contributed by atoms with Crippen LogP contribution in [0.4, 0.5) is 0 Å². The number of hydrogen-bond acceptors (Lipinski definition) is 4. The molecule has 1 fully saturated rings. The van der Waals surface area contributed by atoms with Crippen LogP contribution in [0.5, 0.6) is 0 Å². The predicted molar refractivity (Wildman–Crippen MR) is 77.5 cm³/mol. The van der Waals surface area contributed by atoms with Crippen LogP contribution in [0.2, 0.25) is 5.02 Å². The second kappa shape index (κ2) is 6.56. The van der Waals surface area contributed by atoms with E-state index in [-0.39, 0.29) is 10.9 Å². The van der Waals surface area contributed by atoms with Gasteiger partial charge in [-0.25, -0.2) is 8.42 Å². The number of carbonyl (C=O) groups is 1. The highest BCUT2D eigenvalue weighted by molar-refractivity contribution is 7.92. The van der Waals surface area contributed by atoms with Gasteiger partial charge in [0.2, 0.25) is 5.91 Å². The zero-order valence-corrected chi connectivity index (χ0v) is 12.5. The maximum Gasteiger partial charge on any atom is 0.235 e. The average Bonchev–Trinajstić information content (AvgIpc) is 2.89. The lowest BCUT2D eigenvalue weighted by molar-refractivity contribution is -0.118. The van der Waals surface area contributed by atoms with Crippen molar-refractivity contribution in [3.8, 4) is 0 Å². The first-order chi connectivity index (χ1) is 9.47. The fourth-order valence-electron chi connectivity index (χ4n) is 2.12. The lowest BCUT2D eigenvalue weighted by Crippen LogP contribution is -2.39.